The Labute approximate surface area is 151 Å². The third-order valence-electron chi connectivity index (χ3n) is 3.93. The fourth-order valence-corrected chi connectivity index (χ4v) is 2.74. The van der Waals surface area contributed by atoms with Gasteiger partial charge < -0.3 is 14.7 Å². The van der Waals surface area contributed by atoms with E-state index in [-0.39, 0.29) is 17.2 Å². The largest absolute Gasteiger partial charge is 0.507 e. The first-order valence-corrected chi connectivity index (χ1v) is 8.28. The number of amides is 1. The summed E-state index contributed by atoms with van der Waals surface area (Å²) in [6.07, 6.45) is 0. The van der Waals surface area contributed by atoms with Gasteiger partial charge in [-0.15, -0.1) is 0 Å². The van der Waals surface area contributed by atoms with Crippen molar-refractivity contribution in [2.24, 2.45) is 0 Å². The summed E-state index contributed by atoms with van der Waals surface area (Å²) in [4.78, 5) is 14.1. The molecule has 128 valence electrons. The molecule has 4 nitrogen and oxygen atoms in total. The number of phenolic OH excluding ortho intramolecular Hbond substituents is 1. The van der Waals surface area contributed by atoms with E-state index in [0.717, 1.165) is 10.8 Å². The molecule has 1 amide bonds. The van der Waals surface area contributed by atoms with Crippen molar-refractivity contribution in [3.8, 4) is 11.5 Å². The molecule has 0 aromatic heterocycles. The fraction of sp³-hybridized carbons (Fsp3) is 0.150. The van der Waals surface area contributed by atoms with E-state index in [4.69, 9.17) is 16.3 Å². The zero-order valence-electron chi connectivity index (χ0n) is 13.8. The van der Waals surface area contributed by atoms with Crippen molar-refractivity contribution in [3.05, 3.63) is 71.2 Å². The molecule has 0 radical (unpaired) electrons. The minimum Gasteiger partial charge on any atom is -0.507 e. The SMILES string of the molecule is CN(CCOc1cccc(Cl)c1)C(=O)c1cc2ccccc2cc1O. The van der Waals surface area contributed by atoms with Gasteiger partial charge in [-0.25, -0.2) is 0 Å². The van der Waals surface area contributed by atoms with Gasteiger partial charge in [-0.1, -0.05) is 41.9 Å². The van der Waals surface area contributed by atoms with Crippen LogP contribution >= 0.6 is 11.6 Å². The summed E-state index contributed by atoms with van der Waals surface area (Å²) in [7, 11) is 1.68. The first-order valence-electron chi connectivity index (χ1n) is 7.90. The average molecular weight is 356 g/mol. The van der Waals surface area contributed by atoms with Gasteiger partial charge in [0.1, 0.15) is 18.1 Å². The van der Waals surface area contributed by atoms with Crippen molar-refractivity contribution in [3.63, 3.8) is 0 Å². The summed E-state index contributed by atoms with van der Waals surface area (Å²) in [6, 6.07) is 18.0. The number of nitrogens with zero attached hydrogens (tertiary/aromatic N) is 1. The highest BCUT2D eigenvalue weighted by Crippen LogP contribution is 2.26. The minimum atomic E-state index is -0.252. The number of likely N-dealkylation sites (N-methyl/N-ethyl adjacent to an activating group) is 1. The molecule has 3 rings (SSSR count). The monoisotopic (exact) mass is 355 g/mol. The van der Waals surface area contributed by atoms with Crippen LogP contribution in [0.5, 0.6) is 11.5 Å². The Morgan fingerprint density at radius 1 is 1.08 bits per heavy atom. The van der Waals surface area contributed by atoms with Gasteiger partial charge in [-0.2, -0.15) is 0 Å². The van der Waals surface area contributed by atoms with Gasteiger partial charge in [0.05, 0.1) is 12.1 Å². The molecule has 0 aliphatic rings. The molecule has 25 heavy (non-hydrogen) atoms. The Morgan fingerprint density at radius 2 is 1.80 bits per heavy atom. The van der Waals surface area contributed by atoms with Crippen LogP contribution in [0.4, 0.5) is 0 Å². The summed E-state index contributed by atoms with van der Waals surface area (Å²) in [5.74, 6) is 0.381. The van der Waals surface area contributed by atoms with Crippen LogP contribution in [0, 0.1) is 0 Å². The summed E-state index contributed by atoms with van der Waals surface area (Å²) < 4.78 is 5.60. The molecule has 0 spiro atoms. The second-order valence-corrected chi connectivity index (χ2v) is 6.19. The Balaban J connectivity index is 1.67. The second-order valence-electron chi connectivity index (χ2n) is 5.75. The molecular weight excluding hydrogens is 338 g/mol. The summed E-state index contributed by atoms with van der Waals surface area (Å²) >= 11 is 5.91. The standard InChI is InChI=1S/C20H18ClNO3/c1-22(9-10-25-17-8-4-7-16(21)13-17)20(24)18-11-14-5-2-3-6-15(14)12-19(18)23/h2-8,11-13,23H,9-10H2,1H3. The highest BCUT2D eigenvalue weighted by molar-refractivity contribution is 6.30. The lowest BCUT2D eigenvalue weighted by molar-refractivity contribution is 0.0771. The van der Waals surface area contributed by atoms with Gasteiger partial charge in [-0.3, -0.25) is 4.79 Å². The highest BCUT2D eigenvalue weighted by Gasteiger charge is 2.16. The molecule has 0 aliphatic carbocycles. The van der Waals surface area contributed by atoms with Gasteiger partial charge in [0, 0.05) is 12.1 Å². The summed E-state index contributed by atoms with van der Waals surface area (Å²) in [6.45, 7) is 0.717. The number of aromatic hydroxyl groups is 1. The van der Waals surface area contributed by atoms with Gasteiger partial charge in [0.2, 0.25) is 0 Å². The Bertz CT molecular complexity index is 910. The number of benzene rings is 3. The number of rotatable bonds is 5. The minimum absolute atomic E-state index is 0.0219. The Kier molecular flexibility index (Phi) is 5.10. The van der Waals surface area contributed by atoms with E-state index < -0.39 is 0 Å². The number of hydrogen-bond donors (Lipinski definition) is 1. The van der Waals surface area contributed by atoms with Crippen LogP contribution in [0.3, 0.4) is 0 Å². The molecule has 5 heteroatoms. The van der Waals surface area contributed by atoms with Crippen molar-refractivity contribution in [2.45, 2.75) is 0 Å². The number of ether oxygens (including phenoxy) is 1. The number of halogens is 1. The second kappa shape index (κ2) is 7.45. The normalized spacial score (nSPS) is 10.6. The first-order chi connectivity index (χ1) is 12.0. The van der Waals surface area contributed by atoms with Gasteiger partial charge in [0.15, 0.2) is 0 Å². The van der Waals surface area contributed by atoms with E-state index in [1.54, 1.807) is 37.4 Å². The lowest BCUT2D eigenvalue weighted by atomic mass is 10.1. The zero-order valence-corrected chi connectivity index (χ0v) is 14.5. The predicted molar refractivity (Wildman–Crippen MR) is 99.5 cm³/mol. The van der Waals surface area contributed by atoms with Crippen LogP contribution in [-0.4, -0.2) is 36.1 Å². The number of fused-ring (bicyclic) bond motifs is 1. The predicted octanol–water partition coefficient (Wildman–Crippen LogP) is 4.35. The first kappa shape index (κ1) is 17.1. The van der Waals surface area contributed by atoms with Crippen molar-refractivity contribution in [1.29, 1.82) is 0 Å². The van der Waals surface area contributed by atoms with Crippen LogP contribution in [0.15, 0.2) is 60.7 Å². The van der Waals surface area contributed by atoms with E-state index in [2.05, 4.69) is 0 Å². The third-order valence-corrected chi connectivity index (χ3v) is 4.17. The molecular formula is C20H18ClNO3. The Morgan fingerprint density at radius 3 is 2.52 bits per heavy atom. The molecule has 0 fully saturated rings. The molecule has 0 aliphatic heterocycles. The lowest BCUT2D eigenvalue weighted by Gasteiger charge is -2.18. The number of carbonyl (C=O) groups is 1. The van der Waals surface area contributed by atoms with E-state index in [1.165, 1.54) is 4.90 Å². The molecule has 0 saturated carbocycles. The molecule has 3 aromatic carbocycles. The van der Waals surface area contributed by atoms with Gasteiger partial charge in [0.25, 0.3) is 5.91 Å². The molecule has 0 unspecified atom stereocenters. The van der Waals surface area contributed by atoms with E-state index >= 15 is 0 Å². The maximum atomic E-state index is 12.6. The lowest BCUT2D eigenvalue weighted by Crippen LogP contribution is -2.30. The van der Waals surface area contributed by atoms with Crippen LogP contribution in [0.2, 0.25) is 5.02 Å². The maximum Gasteiger partial charge on any atom is 0.257 e. The third kappa shape index (κ3) is 4.03. The zero-order chi connectivity index (χ0) is 17.8. The maximum absolute atomic E-state index is 12.6. The number of hydrogen-bond acceptors (Lipinski definition) is 3. The van der Waals surface area contributed by atoms with Gasteiger partial charge in [-0.05, 0) is 41.1 Å². The van der Waals surface area contributed by atoms with E-state index in [1.807, 2.05) is 30.3 Å². The van der Waals surface area contributed by atoms with Gasteiger partial charge >= 0.3 is 0 Å². The fourth-order valence-electron chi connectivity index (χ4n) is 2.56. The van der Waals surface area contributed by atoms with Crippen molar-refractivity contribution in [2.75, 3.05) is 20.2 Å². The Hall–Kier alpha value is -2.72. The highest BCUT2D eigenvalue weighted by atomic mass is 35.5. The van der Waals surface area contributed by atoms with E-state index in [9.17, 15) is 9.90 Å². The van der Waals surface area contributed by atoms with Crippen LogP contribution < -0.4 is 4.74 Å². The van der Waals surface area contributed by atoms with Crippen LogP contribution in [-0.2, 0) is 0 Å². The van der Waals surface area contributed by atoms with Crippen molar-refractivity contribution >= 4 is 28.3 Å². The van der Waals surface area contributed by atoms with Crippen molar-refractivity contribution in [1.82, 2.24) is 4.90 Å². The molecule has 0 heterocycles. The number of phenols is 1. The summed E-state index contributed by atoms with van der Waals surface area (Å²) in [5, 5.41) is 12.6. The molecule has 0 bridgehead atoms. The molecule has 0 saturated heterocycles. The number of carbonyl (C=O) groups excluding carboxylic acids is 1. The quantitative estimate of drug-likeness (QED) is 0.740. The molecule has 1 N–H and O–H groups in total. The smallest absolute Gasteiger partial charge is 0.257 e. The average Bonchev–Trinajstić information content (AvgIpc) is 2.60. The summed E-state index contributed by atoms with van der Waals surface area (Å²) in [5.41, 5.74) is 0.281. The topological polar surface area (TPSA) is 49.8 Å². The molecule has 0 atom stereocenters. The molecule has 3 aromatic rings. The van der Waals surface area contributed by atoms with Crippen LogP contribution in [0.1, 0.15) is 10.4 Å². The van der Waals surface area contributed by atoms with Crippen LogP contribution in [0.25, 0.3) is 10.8 Å². The van der Waals surface area contributed by atoms with Crippen molar-refractivity contribution < 1.29 is 14.6 Å². The van der Waals surface area contributed by atoms with E-state index in [0.29, 0.717) is 23.9 Å².